The van der Waals surface area contributed by atoms with Gasteiger partial charge in [0, 0.05) is 23.2 Å². The molecule has 0 atom stereocenters. The van der Waals surface area contributed by atoms with Gasteiger partial charge in [-0.2, -0.15) is 0 Å². The number of pyridine rings is 2. The summed E-state index contributed by atoms with van der Waals surface area (Å²) in [7, 11) is 0. The van der Waals surface area contributed by atoms with Gasteiger partial charge in [-0.3, -0.25) is 4.79 Å². The summed E-state index contributed by atoms with van der Waals surface area (Å²) < 4.78 is 6.20. The molecule has 0 unspecified atom stereocenters. The summed E-state index contributed by atoms with van der Waals surface area (Å²) in [4.78, 5) is 33.8. The number of carbonyl (C=O) groups excluding carboxylic acids is 1. The van der Waals surface area contributed by atoms with Crippen LogP contribution in [-0.4, -0.2) is 33.4 Å². The quantitative estimate of drug-likeness (QED) is 0.378. The van der Waals surface area contributed by atoms with Crippen LogP contribution in [0.4, 0.5) is 5.82 Å². The summed E-state index contributed by atoms with van der Waals surface area (Å²) in [6.45, 7) is 3.89. The summed E-state index contributed by atoms with van der Waals surface area (Å²) in [5, 5.41) is 12.1. The Kier molecular flexibility index (Phi) is 5.81. The van der Waals surface area contributed by atoms with Gasteiger partial charge in [-0.15, -0.1) is 0 Å². The zero-order valence-electron chi connectivity index (χ0n) is 17.6. The Morgan fingerprint density at radius 3 is 2.50 bits per heavy atom. The Morgan fingerprint density at radius 2 is 1.81 bits per heavy atom. The molecule has 0 aliphatic heterocycles. The zero-order valence-corrected chi connectivity index (χ0v) is 17.6. The molecule has 0 aliphatic rings. The lowest BCUT2D eigenvalue weighted by molar-refractivity contribution is 0.0526. The second kappa shape index (κ2) is 8.85. The van der Waals surface area contributed by atoms with Gasteiger partial charge >= 0.3 is 5.97 Å². The Hall–Kier alpha value is -4.26. The largest absolute Gasteiger partial charge is 0.494 e. The molecule has 2 heterocycles. The van der Waals surface area contributed by atoms with Crippen molar-refractivity contribution < 1.29 is 14.6 Å². The van der Waals surface area contributed by atoms with E-state index in [1.807, 2.05) is 19.1 Å². The molecule has 4 rings (SSSR count). The Morgan fingerprint density at radius 1 is 1.09 bits per heavy atom. The molecule has 7 nitrogen and oxygen atoms in total. The molecule has 4 aromatic rings. The number of aromatic hydroxyl groups is 1. The highest BCUT2D eigenvalue weighted by atomic mass is 16.5. The molecule has 32 heavy (non-hydrogen) atoms. The maximum atomic E-state index is 13.2. The normalized spacial score (nSPS) is 11.2. The van der Waals surface area contributed by atoms with Crippen LogP contribution in [0.3, 0.4) is 0 Å². The van der Waals surface area contributed by atoms with Crippen LogP contribution < -0.4 is 5.56 Å². The number of esters is 1. The lowest BCUT2D eigenvalue weighted by Gasteiger charge is -2.14. The molecule has 0 bridgehead atoms. The first kappa shape index (κ1) is 21.0. The minimum Gasteiger partial charge on any atom is -0.494 e. The van der Waals surface area contributed by atoms with Crippen LogP contribution in [0.1, 0.15) is 28.4 Å². The highest BCUT2D eigenvalue weighted by Gasteiger charge is 2.17. The van der Waals surface area contributed by atoms with E-state index in [1.54, 1.807) is 61.7 Å². The Balaban J connectivity index is 1.88. The maximum absolute atomic E-state index is 13.2. The van der Waals surface area contributed by atoms with Gasteiger partial charge in [0.25, 0.3) is 5.56 Å². The molecular formula is C25H21N3O4. The van der Waals surface area contributed by atoms with Gasteiger partial charge < -0.3 is 9.84 Å². The molecule has 0 saturated heterocycles. The number of hydrogen-bond acceptors (Lipinski definition) is 6. The molecule has 160 valence electrons. The average molecular weight is 427 g/mol. The van der Waals surface area contributed by atoms with Crippen LogP contribution >= 0.6 is 0 Å². The monoisotopic (exact) mass is 427 g/mol. The van der Waals surface area contributed by atoms with Gasteiger partial charge in [0.2, 0.25) is 5.88 Å². The van der Waals surface area contributed by atoms with E-state index in [4.69, 9.17) is 4.74 Å². The highest BCUT2D eigenvalue weighted by Crippen LogP contribution is 2.27. The van der Waals surface area contributed by atoms with E-state index in [0.29, 0.717) is 33.4 Å². The van der Waals surface area contributed by atoms with Gasteiger partial charge in [-0.1, -0.05) is 24.3 Å². The topological polar surface area (TPSA) is 93.8 Å². The van der Waals surface area contributed by atoms with E-state index < -0.39 is 5.97 Å². The minimum absolute atomic E-state index is 0.255. The number of rotatable bonds is 5. The summed E-state index contributed by atoms with van der Waals surface area (Å²) in [5.41, 5.74) is 1.66. The average Bonchev–Trinajstić information content (AvgIpc) is 2.81. The molecule has 0 aliphatic carbocycles. The lowest BCUT2D eigenvalue weighted by Crippen LogP contribution is -2.20. The molecule has 1 N–H and O–H groups in total. The second-order valence-corrected chi connectivity index (χ2v) is 7.09. The van der Waals surface area contributed by atoms with Gasteiger partial charge in [0.15, 0.2) is 5.82 Å². The molecular weight excluding hydrogens is 406 g/mol. The van der Waals surface area contributed by atoms with Crippen molar-refractivity contribution in [3.05, 3.63) is 93.9 Å². The highest BCUT2D eigenvalue weighted by molar-refractivity contribution is 6.02. The SMILES string of the molecule is CCOC(=O)c1ccc(-n2c(O)c(C=Nc3ncccc3C)c3ccccc3c2=O)cc1. The van der Waals surface area contributed by atoms with Crippen molar-refractivity contribution in [3.8, 4) is 11.6 Å². The number of nitrogens with zero attached hydrogens (tertiary/aromatic N) is 3. The predicted octanol–water partition coefficient (Wildman–Crippen LogP) is 4.33. The number of benzene rings is 2. The second-order valence-electron chi connectivity index (χ2n) is 7.09. The van der Waals surface area contributed by atoms with Crippen LogP contribution in [0.25, 0.3) is 16.5 Å². The summed E-state index contributed by atoms with van der Waals surface area (Å²) in [6, 6.07) is 17.0. The third-order valence-corrected chi connectivity index (χ3v) is 5.04. The van der Waals surface area contributed by atoms with E-state index in [1.165, 1.54) is 10.8 Å². The summed E-state index contributed by atoms with van der Waals surface area (Å²) in [5.74, 6) is -0.185. The van der Waals surface area contributed by atoms with E-state index >= 15 is 0 Å². The van der Waals surface area contributed by atoms with E-state index in [-0.39, 0.29) is 18.0 Å². The molecule has 0 saturated carbocycles. The van der Waals surface area contributed by atoms with Crippen LogP contribution in [-0.2, 0) is 4.74 Å². The lowest BCUT2D eigenvalue weighted by atomic mass is 10.1. The first-order chi connectivity index (χ1) is 15.5. The smallest absolute Gasteiger partial charge is 0.338 e. The third kappa shape index (κ3) is 3.88. The third-order valence-electron chi connectivity index (χ3n) is 5.04. The number of carbonyl (C=O) groups is 1. The van der Waals surface area contributed by atoms with Crippen molar-refractivity contribution in [2.75, 3.05) is 6.61 Å². The van der Waals surface area contributed by atoms with Crippen LogP contribution in [0.2, 0.25) is 0 Å². The number of ether oxygens (including phenoxy) is 1. The molecule has 7 heteroatoms. The summed E-state index contributed by atoms with van der Waals surface area (Å²) in [6.07, 6.45) is 3.15. The molecule has 0 fully saturated rings. The molecule has 0 radical (unpaired) electrons. The molecule has 0 spiro atoms. The Labute approximate surface area is 184 Å². The van der Waals surface area contributed by atoms with Gasteiger partial charge in [-0.05, 0) is 55.8 Å². The van der Waals surface area contributed by atoms with Crippen LogP contribution in [0.5, 0.6) is 5.88 Å². The van der Waals surface area contributed by atoms with E-state index in [0.717, 1.165) is 5.56 Å². The fraction of sp³-hybridized carbons (Fsp3) is 0.120. The fourth-order valence-corrected chi connectivity index (χ4v) is 3.43. The molecule has 2 aromatic carbocycles. The van der Waals surface area contributed by atoms with Gasteiger partial charge in [0.1, 0.15) is 0 Å². The van der Waals surface area contributed by atoms with Gasteiger partial charge in [-0.25, -0.2) is 19.3 Å². The maximum Gasteiger partial charge on any atom is 0.338 e. The van der Waals surface area contributed by atoms with Crippen molar-refractivity contribution in [1.29, 1.82) is 0 Å². The van der Waals surface area contributed by atoms with Crippen molar-refractivity contribution in [2.24, 2.45) is 4.99 Å². The number of aromatic nitrogens is 2. The fourth-order valence-electron chi connectivity index (χ4n) is 3.43. The zero-order chi connectivity index (χ0) is 22.7. The number of aliphatic imine (C=N–C) groups is 1. The van der Waals surface area contributed by atoms with E-state index in [2.05, 4.69) is 9.98 Å². The van der Waals surface area contributed by atoms with Crippen molar-refractivity contribution >= 4 is 28.8 Å². The van der Waals surface area contributed by atoms with Crippen molar-refractivity contribution in [1.82, 2.24) is 9.55 Å². The van der Waals surface area contributed by atoms with Gasteiger partial charge in [0.05, 0.1) is 23.4 Å². The number of fused-ring (bicyclic) bond motifs is 1. The first-order valence-electron chi connectivity index (χ1n) is 10.1. The molecule has 0 amide bonds. The molecule has 2 aromatic heterocycles. The van der Waals surface area contributed by atoms with E-state index in [9.17, 15) is 14.7 Å². The number of hydrogen-bond donors (Lipinski definition) is 1. The minimum atomic E-state index is -0.451. The van der Waals surface area contributed by atoms with Crippen LogP contribution in [0.15, 0.2) is 76.6 Å². The summed E-state index contributed by atoms with van der Waals surface area (Å²) >= 11 is 0. The standard InChI is InChI=1S/C25H21N3O4/c1-3-32-25(31)17-10-12-18(13-11-17)28-23(29)20-9-5-4-8-19(20)21(24(28)30)15-27-22-16(2)7-6-14-26-22/h4-15,30H,3H2,1-2H3. The van der Waals surface area contributed by atoms with Crippen LogP contribution in [0, 0.1) is 6.92 Å². The number of aryl methyl sites for hydroxylation is 1. The van der Waals surface area contributed by atoms with Crippen molar-refractivity contribution in [3.63, 3.8) is 0 Å². The van der Waals surface area contributed by atoms with Crippen molar-refractivity contribution in [2.45, 2.75) is 13.8 Å². The predicted molar refractivity (Wildman–Crippen MR) is 123 cm³/mol. The Bertz CT molecular complexity index is 1390. The first-order valence-corrected chi connectivity index (χ1v) is 10.1.